The molecule has 2 atom stereocenters. The summed E-state index contributed by atoms with van der Waals surface area (Å²) in [5, 5.41) is 9.44. The molecule has 0 aromatic carbocycles. The number of nitrogens with zero attached hydrogens (tertiary/aromatic N) is 1. The fraction of sp³-hybridized carbons (Fsp3) is 0.643. The predicted molar refractivity (Wildman–Crippen MR) is 74.7 cm³/mol. The molecule has 1 aromatic rings. The van der Waals surface area contributed by atoms with Gasteiger partial charge in [-0.15, -0.1) is 0 Å². The first-order chi connectivity index (χ1) is 10.6. The van der Waals surface area contributed by atoms with Crippen molar-refractivity contribution in [1.82, 2.24) is 4.98 Å². The molecule has 2 aliphatic rings. The van der Waals surface area contributed by atoms with Crippen LogP contribution in [0.15, 0.2) is 12.3 Å². The fourth-order valence-electron chi connectivity index (χ4n) is 3.57. The Bertz CT molecular complexity index is 712. The van der Waals surface area contributed by atoms with E-state index in [1.165, 1.54) is 7.11 Å². The van der Waals surface area contributed by atoms with E-state index in [2.05, 4.69) is 4.98 Å². The Balaban J connectivity index is 2.07. The zero-order valence-electron chi connectivity index (χ0n) is 12.3. The Labute approximate surface area is 131 Å². The van der Waals surface area contributed by atoms with Crippen molar-refractivity contribution in [2.24, 2.45) is 0 Å². The van der Waals surface area contributed by atoms with Crippen LogP contribution in [0.3, 0.4) is 0 Å². The van der Waals surface area contributed by atoms with Gasteiger partial charge < -0.3 is 9.84 Å². The van der Waals surface area contributed by atoms with E-state index in [-0.39, 0.29) is 24.3 Å². The van der Waals surface area contributed by atoms with Crippen LogP contribution in [0.5, 0.6) is 5.88 Å². The average Bonchev–Trinajstić information content (AvgIpc) is 2.65. The quantitative estimate of drug-likeness (QED) is 0.882. The van der Waals surface area contributed by atoms with E-state index in [0.717, 1.165) is 6.07 Å². The summed E-state index contributed by atoms with van der Waals surface area (Å²) >= 11 is 0. The first-order valence-corrected chi connectivity index (χ1v) is 8.76. The van der Waals surface area contributed by atoms with Gasteiger partial charge in [-0.05, 0) is 31.7 Å². The van der Waals surface area contributed by atoms with Crippen LogP contribution in [0.1, 0.15) is 36.8 Å². The molecule has 1 N–H and O–H groups in total. The van der Waals surface area contributed by atoms with Gasteiger partial charge in [0.2, 0.25) is 5.88 Å². The minimum atomic E-state index is -4.61. The summed E-state index contributed by atoms with van der Waals surface area (Å²) < 4.78 is 68.0. The van der Waals surface area contributed by atoms with Crippen LogP contribution in [0.4, 0.5) is 13.2 Å². The fourth-order valence-corrected chi connectivity index (χ4v) is 6.06. The van der Waals surface area contributed by atoms with E-state index >= 15 is 0 Å². The van der Waals surface area contributed by atoms with Gasteiger partial charge in [0.05, 0.1) is 28.8 Å². The molecule has 0 radical (unpaired) electrons. The molecule has 0 amide bonds. The van der Waals surface area contributed by atoms with Crippen LogP contribution in [0, 0.1) is 0 Å². The molecule has 0 aliphatic carbocycles. The number of ether oxygens (including phenoxy) is 1. The molecule has 5 nitrogen and oxygen atoms in total. The number of fused-ring (bicyclic) bond motifs is 2. The van der Waals surface area contributed by atoms with Gasteiger partial charge in [-0.1, -0.05) is 0 Å². The second kappa shape index (κ2) is 5.07. The number of hydrogen-bond acceptors (Lipinski definition) is 5. The number of aromatic nitrogens is 1. The lowest BCUT2D eigenvalue weighted by Gasteiger charge is -2.37. The van der Waals surface area contributed by atoms with Gasteiger partial charge >= 0.3 is 6.18 Å². The maximum absolute atomic E-state index is 12.9. The van der Waals surface area contributed by atoms with Crippen LogP contribution in [0.2, 0.25) is 0 Å². The van der Waals surface area contributed by atoms with Crippen LogP contribution in [-0.4, -0.2) is 36.1 Å². The molecule has 1 aromatic heterocycles. The molecule has 2 saturated heterocycles. The number of rotatable bonds is 2. The van der Waals surface area contributed by atoms with Crippen molar-refractivity contribution < 1.29 is 31.4 Å². The smallest absolute Gasteiger partial charge is 0.417 e. The van der Waals surface area contributed by atoms with E-state index < -0.39 is 37.7 Å². The van der Waals surface area contributed by atoms with Crippen LogP contribution in [0.25, 0.3) is 0 Å². The molecule has 128 valence electrons. The van der Waals surface area contributed by atoms with Crippen molar-refractivity contribution >= 4 is 9.84 Å². The third-order valence-corrected chi connectivity index (χ3v) is 7.41. The van der Waals surface area contributed by atoms with Crippen LogP contribution in [-0.2, 0) is 21.6 Å². The molecule has 2 unspecified atom stereocenters. The molecule has 0 saturated carbocycles. The lowest BCUT2D eigenvalue weighted by Crippen LogP contribution is -2.43. The Hall–Kier alpha value is -1.35. The average molecular weight is 351 g/mol. The number of sulfone groups is 1. The summed E-state index contributed by atoms with van der Waals surface area (Å²) in [7, 11) is -2.06. The van der Waals surface area contributed by atoms with Crippen molar-refractivity contribution in [3.8, 4) is 5.88 Å². The molecule has 0 spiro atoms. The van der Waals surface area contributed by atoms with Crippen LogP contribution >= 0.6 is 0 Å². The lowest BCUT2D eigenvalue weighted by molar-refractivity contribution is -0.138. The largest absolute Gasteiger partial charge is 0.481 e. The number of hydrogen-bond donors (Lipinski definition) is 1. The monoisotopic (exact) mass is 351 g/mol. The summed E-state index contributed by atoms with van der Waals surface area (Å²) in [6, 6.07) is 0.809. The number of aliphatic hydroxyl groups is 1. The standard InChI is InChI=1S/C14H16F3NO4S/c1-22-12-11(4-8(7-18-12)14(15,16)17)13(19)5-9-2-3-10(6-13)23(9,20)21/h4,7,9-10,19H,2-3,5-6H2,1H3. The Morgan fingerprint density at radius 1 is 1.30 bits per heavy atom. The van der Waals surface area contributed by atoms with E-state index in [1.54, 1.807) is 0 Å². The molecular weight excluding hydrogens is 335 g/mol. The van der Waals surface area contributed by atoms with Crippen LogP contribution < -0.4 is 4.74 Å². The summed E-state index contributed by atoms with van der Waals surface area (Å²) in [6.07, 6.45) is -3.39. The number of alkyl halides is 3. The third kappa shape index (κ3) is 2.59. The molecule has 9 heteroatoms. The Kier molecular flexibility index (Phi) is 3.64. The maximum Gasteiger partial charge on any atom is 0.417 e. The molecule has 3 rings (SSSR count). The predicted octanol–water partition coefficient (Wildman–Crippen LogP) is 2.04. The van der Waals surface area contributed by atoms with Gasteiger partial charge in [0, 0.05) is 11.8 Å². The molecule has 3 heterocycles. The van der Waals surface area contributed by atoms with Gasteiger partial charge in [0.1, 0.15) is 0 Å². The van der Waals surface area contributed by atoms with E-state index in [9.17, 15) is 26.7 Å². The second-order valence-electron chi connectivity index (χ2n) is 6.13. The summed E-state index contributed by atoms with van der Waals surface area (Å²) in [5.74, 6) is -0.112. The summed E-state index contributed by atoms with van der Waals surface area (Å²) in [4.78, 5) is 3.64. The van der Waals surface area contributed by atoms with E-state index in [1.807, 2.05) is 0 Å². The van der Waals surface area contributed by atoms with Crippen molar-refractivity contribution in [3.63, 3.8) is 0 Å². The molecule has 2 aliphatic heterocycles. The highest BCUT2D eigenvalue weighted by Gasteiger charge is 2.54. The van der Waals surface area contributed by atoms with Gasteiger partial charge in [0.15, 0.2) is 9.84 Å². The minimum Gasteiger partial charge on any atom is -0.481 e. The van der Waals surface area contributed by atoms with Crippen molar-refractivity contribution in [2.75, 3.05) is 7.11 Å². The number of methoxy groups -OCH3 is 1. The number of halogens is 3. The van der Waals surface area contributed by atoms with E-state index in [0.29, 0.717) is 19.0 Å². The number of pyridine rings is 1. The first-order valence-electron chi connectivity index (χ1n) is 7.15. The van der Waals surface area contributed by atoms with Crippen molar-refractivity contribution in [1.29, 1.82) is 0 Å². The Morgan fingerprint density at radius 2 is 1.87 bits per heavy atom. The highest BCUT2D eigenvalue weighted by Crippen LogP contribution is 2.49. The molecule has 2 bridgehead atoms. The lowest BCUT2D eigenvalue weighted by atomic mass is 9.85. The molecule has 23 heavy (non-hydrogen) atoms. The van der Waals surface area contributed by atoms with Crippen molar-refractivity contribution in [2.45, 2.75) is 48.0 Å². The summed E-state index contributed by atoms with van der Waals surface area (Å²) in [5.41, 5.74) is -2.78. The maximum atomic E-state index is 12.9. The summed E-state index contributed by atoms with van der Waals surface area (Å²) in [6.45, 7) is 0. The minimum absolute atomic E-state index is 0.0957. The van der Waals surface area contributed by atoms with Gasteiger partial charge in [-0.3, -0.25) is 0 Å². The molecular formula is C14H16F3NO4S. The molecule has 2 fully saturated rings. The SMILES string of the molecule is COc1ncc(C(F)(F)F)cc1C1(O)CC2CCC(C1)S2(=O)=O. The van der Waals surface area contributed by atoms with Gasteiger partial charge in [-0.25, -0.2) is 13.4 Å². The normalized spacial score (nSPS) is 32.7. The zero-order chi connectivity index (χ0) is 17.0. The van der Waals surface area contributed by atoms with Gasteiger partial charge in [-0.2, -0.15) is 13.2 Å². The van der Waals surface area contributed by atoms with E-state index in [4.69, 9.17) is 4.74 Å². The van der Waals surface area contributed by atoms with Crippen molar-refractivity contribution in [3.05, 3.63) is 23.4 Å². The Morgan fingerprint density at radius 3 is 2.35 bits per heavy atom. The highest BCUT2D eigenvalue weighted by atomic mass is 32.2. The highest BCUT2D eigenvalue weighted by molar-refractivity contribution is 7.93. The third-order valence-electron chi connectivity index (χ3n) is 4.74. The first kappa shape index (κ1) is 16.5. The topological polar surface area (TPSA) is 76.5 Å². The van der Waals surface area contributed by atoms with Gasteiger partial charge in [0.25, 0.3) is 0 Å². The zero-order valence-corrected chi connectivity index (χ0v) is 13.1. The second-order valence-corrected chi connectivity index (χ2v) is 8.64.